The van der Waals surface area contributed by atoms with Crippen LogP contribution in [0, 0.1) is 6.92 Å². The summed E-state index contributed by atoms with van der Waals surface area (Å²) in [5, 5.41) is 1.81. The molecular weight excluding hydrogens is 172 g/mol. The zero-order valence-corrected chi connectivity index (χ0v) is 7.44. The van der Waals surface area contributed by atoms with Crippen molar-refractivity contribution in [1.29, 1.82) is 0 Å². The van der Waals surface area contributed by atoms with Crippen LogP contribution < -0.4 is 5.73 Å². The maximum Gasteiger partial charge on any atom is 0.0571 e. The number of aryl methyl sites for hydroxylation is 1. The van der Waals surface area contributed by atoms with Crippen LogP contribution in [-0.2, 0) is 0 Å². The summed E-state index contributed by atoms with van der Waals surface area (Å²) in [6.07, 6.45) is 1.78. The van der Waals surface area contributed by atoms with Crippen LogP contribution in [0.4, 0.5) is 5.69 Å². The minimum atomic E-state index is 0.768. The van der Waals surface area contributed by atoms with Gasteiger partial charge in [-0.2, -0.15) is 0 Å². The molecule has 0 bridgehead atoms. The second-order valence-electron chi connectivity index (χ2n) is 2.89. The van der Waals surface area contributed by atoms with E-state index in [2.05, 4.69) is 4.98 Å². The molecule has 2 aromatic rings. The number of halogens is 1. The van der Waals surface area contributed by atoms with E-state index in [4.69, 9.17) is 17.3 Å². The van der Waals surface area contributed by atoms with Gasteiger partial charge in [-0.25, -0.2) is 0 Å². The zero-order chi connectivity index (χ0) is 8.72. The van der Waals surface area contributed by atoms with Crippen molar-refractivity contribution in [1.82, 2.24) is 4.98 Å². The summed E-state index contributed by atoms with van der Waals surface area (Å²) < 4.78 is 0. The number of H-pyrrole nitrogens is 1. The average molecular weight is 181 g/mol. The van der Waals surface area contributed by atoms with Gasteiger partial charge >= 0.3 is 0 Å². The quantitative estimate of drug-likeness (QED) is 0.643. The number of nitrogen functional groups attached to an aromatic ring is 1. The first-order valence-corrected chi connectivity index (χ1v) is 4.09. The van der Waals surface area contributed by atoms with Gasteiger partial charge in [0, 0.05) is 22.1 Å². The molecule has 62 valence electrons. The van der Waals surface area contributed by atoms with Gasteiger partial charge in [0.05, 0.1) is 5.69 Å². The van der Waals surface area contributed by atoms with E-state index in [0.29, 0.717) is 0 Å². The van der Waals surface area contributed by atoms with Crippen LogP contribution >= 0.6 is 11.6 Å². The minimum Gasteiger partial charge on any atom is -0.397 e. The van der Waals surface area contributed by atoms with E-state index in [1.165, 1.54) is 0 Å². The third-order valence-corrected chi connectivity index (χ3v) is 2.40. The number of hydrogen-bond acceptors (Lipinski definition) is 1. The molecule has 2 nitrogen and oxygen atoms in total. The highest BCUT2D eigenvalue weighted by Gasteiger charge is 2.02. The van der Waals surface area contributed by atoms with E-state index in [9.17, 15) is 0 Å². The molecule has 0 amide bonds. The number of rotatable bonds is 0. The third-order valence-electron chi connectivity index (χ3n) is 1.99. The highest BCUT2D eigenvalue weighted by Crippen LogP contribution is 2.26. The van der Waals surface area contributed by atoms with Crippen LogP contribution in [0.25, 0.3) is 10.9 Å². The van der Waals surface area contributed by atoms with Crippen molar-refractivity contribution in [2.75, 3.05) is 5.73 Å². The summed E-state index contributed by atoms with van der Waals surface area (Å²) in [5.74, 6) is 0. The Morgan fingerprint density at radius 3 is 2.92 bits per heavy atom. The Hall–Kier alpha value is -1.15. The highest BCUT2D eigenvalue weighted by atomic mass is 35.5. The molecule has 0 aliphatic rings. The lowest BCUT2D eigenvalue weighted by Gasteiger charge is -1.97. The monoisotopic (exact) mass is 180 g/mol. The van der Waals surface area contributed by atoms with Crippen molar-refractivity contribution < 1.29 is 0 Å². The Balaban J connectivity index is 2.87. The topological polar surface area (TPSA) is 41.8 Å². The van der Waals surface area contributed by atoms with Gasteiger partial charge in [-0.15, -0.1) is 0 Å². The third kappa shape index (κ3) is 0.959. The van der Waals surface area contributed by atoms with E-state index >= 15 is 0 Å². The summed E-state index contributed by atoms with van der Waals surface area (Å²) in [4.78, 5) is 3.05. The molecule has 2 rings (SSSR count). The van der Waals surface area contributed by atoms with Crippen molar-refractivity contribution in [3.63, 3.8) is 0 Å². The fraction of sp³-hybridized carbons (Fsp3) is 0.111. The summed E-state index contributed by atoms with van der Waals surface area (Å²) in [6, 6.07) is 3.88. The van der Waals surface area contributed by atoms with Crippen molar-refractivity contribution in [2.45, 2.75) is 6.92 Å². The normalized spacial score (nSPS) is 10.8. The number of nitrogens with one attached hydrogen (secondary N) is 1. The lowest BCUT2D eigenvalue weighted by atomic mass is 10.1. The SMILES string of the molecule is Cc1cc2c(N)c[nH]c2cc1Cl. The van der Waals surface area contributed by atoms with E-state index in [0.717, 1.165) is 27.2 Å². The van der Waals surface area contributed by atoms with Gasteiger partial charge in [0.2, 0.25) is 0 Å². The summed E-state index contributed by atoms with van der Waals surface area (Å²) >= 11 is 5.94. The van der Waals surface area contributed by atoms with Crippen LogP contribution in [0.2, 0.25) is 5.02 Å². The lowest BCUT2D eigenvalue weighted by Crippen LogP contribution is -1.81. The van der Waals surface area contributed by atoms with Gasteiger partial charge in [-0.05, 0) is 24.6 Å². The smallest absolute Gasteiger partial charge is 0.0571 e. The predicted octanol–water partition coefficient (Wildman–Crippen LogP) is 2.71. The molecule has 0 saturated carbocycles. The number of fused-ring (bicyclic) bond motifs is 1. The second kappa shape index (κ2) is 2.42. The zero-order valence-electron chi connectivity index (χ0n) is 6.69. The Bertz CT molecular complexity index is 431. The molecule has 0 saturated heterocycles. The van der Waals surface area contributed by atoms with Crippen LogP contribution in [0.1, 0.15) is 5.56 Å². The van der Waals surface area contributed by atoms with E-state index in [-0.39, 0.29) is 0 Å². The molecule has 0 fully saturated rings. The first-order valence-electron chi connectivity index (χ1n) is 3.71. The molecule has 1 heterocycles. The molecule has 0 atom stereocenters. The minimum absolute atomic E-state index is 0.768. The standard InChI is InChI=1S/C9H9ClN2/c1-5-2-6-8(11)4-12-9(6)3-7(5)10/h2-4,12H,11H2,1H3. The molecule has 3 N–H and O–H groups in total. The molecule has 0 spiro atoms. The van der Waals surface area contributed by atoms with Crippen LogP contribution in [0.5, 0.6) is 0 Å². The molecule has 12 heavy (non-hydrogen) atoms. The Morgan fingerprint density at radius 2 is 2.17 bits per heavy atom. The van der Waals surface area contributed by atoms with Gasteiger partial charge < -0.3 is 10.7 Å². The van der Waals surface area contributed by atoms with Gasteiger partial charge in [0.1, 0.15) is 0 Å². The number of hydrogen-bond donors (Lipinski definition) is 2. The highest BCUT2D eigenvalue weighted by molar-refractivity contribution is 6.32. The molecule has 0 aliphatic carbocycles. The number of anilines is 1. The van der Waals surface area contributed by atoms with E-state index in [1.54, 1.807) is 6.20 Å². The molecule has 1 aromatic heterocycles. The number of nitrogens with two attached hydrogens (primary N) is 1. The molecule has 1 aromatic carbocycles. The van der Waals surface area contributed by atoms with Crippen LogP contribution in [0.15, 0.2) is 18.3 Å². The first kappa shape index (κ1) is 7.50. The summed E-state index contributed by atoms with van der Waals surface area (Å²) in [5.41, 5.74) is 8.53. The van der Waals surface area contributed by atoms with E-state index in [1.807, 2.05) is 19.1 Å². The predicted molar refractivity (Wildman–Crippen MR) is 52.5 cm³/mol. The Labute approximate surface area is 75.3 Å². The average Bonchev–Trinajstić information content (AvgIpc) is 2.35. The lowest BCUT2D eigenvalue weighted by molar-refractivity contribution is 1.46. The fourth-order valence-electron chi connectivity index (χ4n) is 1.27. The number of aromatic nitrogens is 1. The Kier molecular flexibility index (Phi) is 1.51. The summed E-state index contributed by atoms with van der Waals surface area (Å²) in [6.45, 7) is 1.97. The molecule has 0 aliphatic heterocycles. The van der Waals surface area contributed by atoms with Crippen molar-refractivity contribution in [3.05, 3.63) is 28.9 Å². The van der Waals surface area contributed by atoms with Crippen molar-refractivity contribution in [3.8, 4) is 0 Å². The van der Waals surface area contributed by atoms with Crippen LogP contribution in [-0.4, -0.2) is 4.98 Å². The van der Waals surface area contributed by atoms with Gasteiger partial charge in [0.25, 0.3) is 0 Å². The Morgan fingerprint density at radius 1 is 1.42 bits per heavy atom. The molecule has 0 unspecified atom stereocenters. The first-order chi connectivity index (χ1) is 5.68. The van der Waals surface area contributed by atoms with Crippen molar-refractivity contribution >= 4 is 28.2 Å². The fourth-order valence-corrected chi connectivity index (χ4v) is 1.44. The second-order valence-corrected chi connectivity index (χ2v) is 3.30. The number of benzene rings is 1. The van der Waals surface area contributed by atoms with E-state index < -0.39 is 0 Å². The summed E-state index contributed by atoms with van der Waals surface area (Å²) in [7, 11) is 0. The molecular formula is C9H9ClN2. The maximum absolute atomic E-state index is 5.94. The van der Waals surface area contributed by atoms with Gasteiger partial charge in [-0.1, -0.05) is 11.6 Å². The van der Waals surface area contributed by atoms with Gasteiger partial charge in [0.15, 0.2) is 0 Å². The molecule has 0 radical (unpaired) electrons. The number of aromatic amines is 1. The van der Waals surface area contributed by atoms with Gasteiger partial charge in [-0.3, -0.25) is 0 Å². The largest absolute Gasteiger partial charge is 0.397 e. The van der Waals surface area contributed by atoms with Crippen LogP contribution in [0.3, 0.4) is 0 Å². The van der Waals surface area contributed by atoms with Crippen molar-refractivity contribution in [2.24, 2.45) is 0 Å². The maximum atomic E-state index is 5.94. The molecule has 3 heteroatoms.